The van der Waals surface area contributed by atoms with E-state index < -0.39 is 6.04 Å². The molecular formula is C16H27ClN2O4. The lowest BCUT2D eigenvalue weighted by atomic mass is 10.2. The summed E-state index contributed by atoms with van der Waals surface area (Å²) in [5.74, 6) is -0.273. The number of ether oxygens (including phenoxy) is 3. The summed E-state index contributed by atoms with van der Waals surface area (Å²) in [5.41, 5.74) is 7.34. The van der Waals surface area contributed by atoms with E-state index in [1.54, 1.807) is 0 Å². The molecule has 0 aliphatic heterocycles. The summed E-state index contributed by atoms with van der Waals surface area (Å²) in [6.45, 7) is 5.73. The lowest BCUT2D eigenvalue weighted by Gasteiger charge is -2.12. The molecule has 3 N–H and O–H groups in total. The molecule has 23 heavy (non-hydrogen) atoms. The highest BCUT2D eigenvalue weighted by atomic mass is 35.5. The van der Waals surface area contributed by atoms with Gasteiger partial charge in [0.05, 0.1) is 32.5 Å². The number of anilines is 1. The number of carbonyl (C=O) groups is 1. The van der Waals surface area contributed by atoms with Crippen LogP contribution in [0.1, 0.15) is 19.4 Å². The summed E-state index contributed by atoms with van der Waals surface area (Å²) in [7, 11) is 1.51. The third-order valence-corrected chi connectivity index (χ3v) is 2.83. The first-order valence-electron chi connectivity index (χ1n) is 7.36. The van der Waals surface area contributed by atoms with E-state index in [1.807, 2.05) is 38.1 Å². The van der Waals surface area contributed by atoms with E-state index in [0.717, 1.165) is 5.56 Å². The molecule has 0 fully saturated rings. The smallest absolute Gasteiger partial charge is 0.243 e. The Morgan fingerprint density at radius 3 is 2.70 bits per heavy atom. The fourth-order valence-electron chi connectivity index (χ4n) is 1.76. The van der Waals surface area contributed by atoms with E-state index in [0.29, 0.717) is 25.5 Å². The summed E-state index contributed by atoms with van der Waals surface area (Å²) in [4.78, 5) is 11.8. The highest BCUT2D eigenvalue weighted by molar-refractivity contribution is 5.94. The minimum absolute atomic E-state index is 0. The number of rotatable bonds is 10. The lowest BCUT2D eigenvalue weighted by Crippen LogP contribution is -2.39. The molecule has 0 aliphatic carbocycles. The van der Waals surface area contributed by atoms with Gasteiger partial charge in [-0.25, -0.2) is 0 Å². The Kier molecular flexibility index (Phi) is 11.6. The Labute approximate surface area is 144 Å². The van der Waals surface area contributed by atoms with E-state index in [4.69, 9.17) is 19.9 Å². The van der Waals surface area contributed by atoms with E-state index in [2.05, 4.69) is 5.32 Å². The predicted octanol–water partition coefficient (Wildman–Crippen LogP) is 1.96. The van der Waals surface area contributed by atoms with E-state index in [1.165, 1.54) is 7.11 Å². The maximum absolute atomic E-state index is 11.8. The summed E-state index contributed by atoms with van der Waals surface area (Å²) in [5, 5.41) is 2.76. The van der Waals surface area contributed by atoms with Gasteiger partial charge < -0.3 is 25.3 Å². The minimum atomic E-state index is -0.682. The summed E-state index contributed by atoms with van der Waals surface area (Å²) in [6, 6.07) is 6.79. The molecule has 6 nitrogen and oxygen atoms in total. The zero-order valence-corrected chi connectivity index (χ0v) is 14.7. The van der Waals surface area contributed by atoms with E-state index >= 15 is 0 Å². The third kappa shape index (κ3) is 9.53. The van der Waals surface area contributed by atoms with Crippen LogP contribution in [0.3, 0.4) is 0 Å². The topological polar surface area (TPSA) is 82.8 Å². The number of hydrogen-bond donors (Lipinski definition) is 2. The quantitative estimate of drug-likeness (QED) is 0.633. The molecule has 1 rings (SSSR count). The van der Waals surface area contributed by atoms with Crippen LogP contribution in [0.4, 0.5) is 5.69 Å². The van der Waals surface area contributed by atoms with Crippen LogP contribution in [-0.2, 0) is 25.6 Å². The standard InChI is InChI=1S/C16H26N2O4.ClH/c1-12(2)22-8-7-21-10-13-5-4-6-14(9-13)18-16(19)15(17)11-20-3;/h4-6,9,12,15H,7-8,10-11,17H2,1-3H3,(H,18,19);1H. The number of nitrogens with two attached hydrogens (primary N) is 1. The molecule has 1 atom stereocenters. The molecule has 0 saturated carbocycles. The fraction of sp³-hybridized carbons (Fsp3) is 0.562. The summed E-state index contributed by atoms with van der Waals surface area (Å²) >= 11 is 0. The van der Waals surface area contributed by atoms with Gasteiger partial charge in [-0.05, 0) is 31.5 Å². The maximum Gasteiger partial charge on any atom is 0.243 e. The fourth-order valence-corrected chi connectivity index (χ4v) is 1.76. The first-order valence-corrected chi connectivity index (χ1v) is 7.36. The molecule has 1 aromatic rings. The Bertz CT molecular complexity index is 457. The number of amides is 1. The number of nitrogens with one attached hydrogen (secondary N) is 1. The average molecular weight is 347 g/mol. The molecule has 0 saturated heterocycles. The van der Waals surface area contributed by atoms with Crippen LogP contribution in [0.25, 0.3) is 0 Å². The monoisotopic (exact) mass is 346 g/mol. The normalized spacial score (nSPS) is 11.9. The highest BCUT2D eigenvalue weighted by Crippen LogP contribution is 2.12. The van der Waals surface area contributed by atoms with Gasteiger partial charge in [0.15, 0.2) is 0 Å². The van der Waals surface area contributed by atoms with Crippen LogP contribution in [0.2, 0.25) is 0 Å². The predicted molar refractivity (Wildman–Crippen MR) is 92.9 cm³/mol. The first kappa shape index (κ1) is 21.8. The van der Waals surface area contributed by atoms with Gasteiger partial charge in [0.1, 0.15) is 6.04 Å². The Morgan fingerprint density at radius 2 is 2.04 bits per heavy atom. The molecule has 1 aromatic carbocycles. The van der Waals surface area contributed by atoms with Gasteiger partial charge in [0, 0.05) is 12.8 Å². The van der Waals surface area contributed by atoms with Crippen molar-refractivity contribution in [3.8, 4) is 0 Å². The Hall–Kier alpha value is -1.18. The Morgan fingerprint density at radius 1 is 1.30 bits per heavy atom. The van der Waals surface area contributed by atoms with Crippen molar-refractivity contribution in [2.24, 2.45) is 5.73 Å². The van der Waals surface area contributed by atoms with Gasteiger partial charge in [0.2, 0.25) is 5.91 Å². The molecule has 0 aliphatic rings. The van der Waals surface area contributed by atoms with Crippen LogP contribution in [-0.4, -0.2) is 45.0 Å². The van der Waals surface area contributed by atoms with Crippen molar-refractivity contribution < 1.29 is 19.0 Å². The summed E-state index contributed by atoms with van der Waals surface area (Å²) < 4.78 is 15.8. The molecule has 0 radical (unpaired) electrons. The minimum Gasteiger partial charge on any atom is -0.383 e. The van der Waals surface area contributed by atoms with Crippen molar-refractivity contribution in [2.75, 3.05) is 32.2 Å². The van der Waals surface area contributed by atoms with Crippen molar-refractivity contribution in [3.05, 3.63) is 29.8 Å². The molecular weight excluding hydrogens is 320 g/mol. The SMILES string of the molecule is COCC(N)C(=O)Nc1cccc(COCCOC(C)C)c1.Cl. The average Bonchev–Trinajstić information content (AvgIpc) is 2.47. The summed E-state index contributed by atoms with van der Waals surface area (Å²) in [6.07, 6.45) is 0.207. The maximum atomic E-state index is 11.8. The molecule has 1 amide bonds. The van der Waals surface area contributed by atoms with Gasteiger partial charge in [-0.2, -0.15) is 0 Å². The molecule has 132 valence electrons. The van der Waals surface area contributed by atoms with Crippen molar-refractivity contribution >= 4 is 24.0 Å². The first-order chi connectivity index (χ1) is 10.5. The number of benzene rings is 1. The van der Waals surface area contributed by atoms with Gasteiger partial charge in [-0.1, -0.05) is 12.1 Å². The van der Waals surface area contributed by atoms with Crippen LogP contribution in [0.5, 0.6) is 0 Å². The van der Waals surface area contributed by atoms with Crippen LogP contribution < -0.4 is 11.1 Å². The zero-order valence-electron chi connectivity index (χ0n) is 13.9. The molecule has 7 heteroatoms. The lowest BCUT2D eigenvalue weighted by molar-refractivity contribution is -0.118. The van der Waals surface area contributed by atoms with Crippen LogP contribution in [0, 0.1) is 0 Å². The largest absolute Gasteiger partial charge is 0.383 e. The van der Waals surface area contributed by atoms with Crippen molar-refractivity contribution in [1.82, 2.24) is 0 Å². The zero-order chi connectivity index (χ0) is 16.4. The van der Waals surface area contributed by atoms with Gasteiger partial charge >= 0.3 is 0 Å². The van der Waals surface area contributed by atoms with Gasteiger partial charge in [-0.15, -0.1) is 12.4 Å². The number of hydrogen-bond acceptors (Lipinski definition) is 5. The van der Waals surface area contributed by atoms with Crippen molar-refractivity contribution in [1.29, 1.82) is 0 Å². The highest BCUT2D eigenvalue weighted by Gasteiger charge is 2.13. The van der Waals surface area contributed by atoms with Gasteiger partial charge in [-0.3, -0.25) is 4.79 Å². The van der Waals surface area contributed by atoms with Gasteiger partial charge in [0.25, 0.3) is 0 Å². The third-order valence-electron chi connectivity index (χ3n) is 2.83. The van der Waals surface area contributed by atoms with Crippen molar-refractivity contribution in [2.45, 2.75) is 32.6 Å². The second kappa shape index (κ2) is 12.3. The van der Waals surface area contributed by atoms with Crippen LogP contribution in [0.15, 0.2) is 24.3 Å². The van der Waals surface area contributed by atoms with E-state index in [-0.39, 0.29) is 31.0 Å². The second-order valence-corrected chi connectivity index (χ2v) is 5.22. The number of halogens is 1. The molecule has 0 aromatic heterocycles. The Balaban J connectivity index is 0.00000484. The number of carbonyl (C=O) groups excluding carboxylic acids is 1. The number of methoxy groups -OCH3 is 1. The molecule has 0 spiro atoms. The van der Waals surface area contributed by atoms with Crippen LogP contribution >= 0.6 is 12.4 Å². The molecule has 0 heterocycles. The second-order valence-electron chi connectivity index (χ2n) is 5.22. The van der Waals surface area contributed by atoms with Crippen molar-refractivity contribution in [3.63, 3.8) is 0 Å². The van der Waals surface area contributed by atoms with E-state index in [9.17, 15) is 4.79 Å². The molecule has 1 unspecified atom stereocenters. The molecule has 0 bridgehead atoms.